The minimum absolute atomic E-state index is 0.103. The van der Waals surface area contributed by atoms with Gasteiger partial charge in [-0.2, -0.15) is 0 Å². The Hall–Kier alpha value is -3.93. The molecule has 0 aliphatic heterocycles. The Labute approximate surface area is 400 Å². The molecule has 0 aromatic heterocycles. The van der Waals surface area contributed by atoms with Crippen molar-refractivity contribution in [3.63, 3.8) is 0 Å². The van der Waals surface area contributed by atoms with Crippen LogP contribution in [0.3, 0.4) is 0 Å². The number of carbonyl (C=O) groups is 3. The van der Waals surface area contributed by atoms with Crippen molar-refractivity contribution in [2.24, 2.45) is 0 Å². The van der Waals surface area contributed by atoms with E-state index in [2.05, 4.69) is 130 Å². The number of carbonyl (C=O) groups excluding carboxylic acids is 3. The Morgan fingerprint density at radius 1 is 0.338 bits per heavy atom. The van der Waals surface area contributed by atoms with Crippen LogP contribution in [0.2, 0.25) is 0 Å². The molecule has 0 spiro atoms. The van der Waals surface area contributed by atoms with E-state index in [1.165, 1.54) is 64.2 Å². The topological polar surface area (TPSA) is 78.9 Å². The normalized spacial score (nSPS) is 13.0. The Morgan fingerprint density at radius 2 is 0.677 bits per heavy atom. The zero-order chi connectivity index (χ0) is 47.2. The van der Waals surface area contributed by atoms with Crippen molar-refractivity contribution in [3.8, 4) is 0 Å². The minimum atomic E-state index is -0.804. The van der Waals surface area contributed by atoms with Crippen LogP contribution in [0.5, 0.6) is 0 Å². The highest BCUT2D eigenvalue weighted by Gasteiger charge is 2.19. The number of rotatable bonds is 46. The van der Waals surface area contributed by atoms with Gasteiger partial charge in [0.2, 0.25) is 0 Å². The maximum absolute atomic E-state index is 12.8. The average molecular weight is 901 g/mol. The average Bonchev–Trinajstić information content (AvgIpc) is 3.30. The van der Waals surface area contributed by atoms with Crippen LogP contribution in [-0.2, 0) is 28.6 Å². The lowest BCUT2D eigenvalue weighted by Crippen LogP contribution is -2.30. The van der Waals surface area contributed by atoms with Gasteiger partial charge in [0.25, 0.3) is 0 Å². The van der Waals surface area contributed by atoms with Crippen LogP contribution in [0.25, 0.3) is 0 Å². The number of hydrogen-bond donors (Lipinski definition) is 0. The van der Waals surface area contributed by atoms with Crippen molar-refractivity contribution in [3.05, 3.63) is 109 Å². The number of allylic oxidation sites excluding steroid dienone is 18. The van der Waals surface area contributed by atoms with Gasteiger partial charge in [-0.15, -0.1) is 0 Å². The Bertz CT molecular complexity index is 1360. The molecule has 368 valence electrons. The molecule has 0 aromatic carbocycles. The molecule has 0 saturated carbocycles. The maximum atomic E-state index is 12.8. The van der Waals surface area contributed by atoms with Gasteiger partial charge < -0.3 is 14.2 Å². The lowest BCUT2D eigenvalue weighted by atomic mass is 10.1. The molecule has 1 atom stereocenters. The molecule has 6 heteroatoms. The van der Waals surface area contributed by atoms with Crippen molar-refractivity contribution in [1.29, 1.82) is 0 Å². The van der Waals surface area contributed by atoms with E-state index < -0.39 is 6.10 Å². The minimum Gasteiger partial charge on any atom is -0.462 e. The molecule has 0 amide bonds. The zero-order valence-electron chi connectivity index (χ0n) is 42.0. The fourth-order valence-corrected chi connectivity index (χ4v) is 6.87. The third kappa shape index (κ3) is 50.9. The third-order valence-corrected chi connectivity index (χ3v) is 10.8. The van der Waals surface area contributed by atoms with Gasteiger partial charge in [0.1, 0.15) is 13.2 Å². The molecule has 0 saturated heterocycles. The molecular weight excluding hydrogens is 805 g/mol. The first-order valence-electron chi connectivity index (χ1n) is 26.4. The SMILES string of the molecule is CC/C=C/C=C/C=C/CCCCCCCC(=O)OCC(COC(=O)CCCCC/C=C/C/C=C/C/C=C/C/C=C/C/C=C/CC)OC(=O)CCCCCCCCC/C=C/CCCCCC. The summed E-state index contributed by atoms with van der Waals surface area (Å²) in [7, 11) is 0. The number of unbranched alkanes of at least 4 members (excludes halogenated alkanes) is 19. The van der Waals surface area contributed by atoms with E-state index in [1.807, 2.05) is 0 Å². The fraction of sp³-hybridized carbons (Fsp3) is 0.644. The monoisotopic (exact) mass is 901 g/mol. The van der Waals surface area contributed by atoms with Gasteiger partial charge in [-0.3, -0.25) is 14.4 Å². The molecule has 65 heavy (non-hydrogen) atoms. The summed E-state index contributed by atoms with van der Waals surface area (Å²) in [5, 5.41) is 0. The molecule has 0 aromatic rings. The second kappa shape index (κ2) is 52.7. The predicted molar refractivity (Wildman–Crippen MR) is 279 cm³/mol. The van der Waals surface area contributed by atoms with Crippen molar-refractivity contribution in [1.82, 2.24) is 0 Å². The summed E-state index contributed by atoms with van der Waals surface area (Å²) in [6.45, 7) is 6.32. The molecule has 0 heterocycles. The van der Waals surface area contributed by atoms with E-state index in [-0.39, 0.29) is 31.1 Å². The predicted octanol–water partition coefficient (Wildman–Crippen LogP) is 17.5. The van der Waals surface area contributed by atoms with Crippen LogP contribution in [0.1, 0.15) is 226 Å². The summed E-state index contributed by atoms with van der Waals surface area (Å²) in [6.07, 6.45) is 70.7. The van der Waals surface area contributed by atoms with Gasteiger partial charge in [0, 0.05) is 19.3 Å². The van der Waals surface area contributed by atoms with Gasteiger partial charge in [-0.1, -0.05) is 207 Å². The van der Waals surface area contributed by atoms with Crippen LogP contribution in [0.4, 0.5) is 0 Å². The van der Waals surface area contributed by atoms with E-state index in [0.29, 0.717) is 19.3 Å². The molecule has 0 aliphatic rings. The summed E-state index contributed by atoms with van der Waals surface area (Å²) in [5.74, 6) is -0.963. The smallest absolute Gasteiger partial charge is 0.306 e. The van der Waals surface area contributed by atoms with Gasteiger partial charge in [-0.05, 0) is 109 Å². The highest BCUT2D eigenvalue weighted by Crippen LogP contribution is 2.13. The largest absolute Gasteiger partial charge is 0.462 e. The second-order valence-corrected chi connectivity index (χ2v) is 17.1. The number of ether oxygens (including phenoxy) is 3. The summed E-state index contributed by atoms with van der Waals surface area (Å²) in [5.41, 5.74) is 0. The van der Waals surface area contributed by atoms with E-state index in [4.69, 9.17) is 14.2 Å². The van der Waals surface area contributed by atoms with Crippen LogP contribution >= 0.6 is 0 Å². The van der Waals surface area contributed by atoms with Crippen molar-refractivity contribution < 1.29 is 28.6 Å². The number of esters is 3. The van der Waals surface area contributed by atoms with Crippen molar-refractivity contribution in [2.75, 3.05) is 13.2 Å². The highest BCUT2D eigenvalue weighted by atomic mass is 16.6. The molecule has 0 radical (unpaired) electrons. The van der Waals surface area contributed by atoms with Crippen molar-refractivity contribution >= 4 is 17.9 Å². The van der Waals surface area contributed by atoms with Gasteiger partial charge >= 0.3 is 17.9 Å². The molecule has 1 unspecified atom stereocenters. The molecule has 0 N–H and O–H groups in total. The second-order valence-electron chi connectivity index (χ2n) is 17.1. The molecule has 0 rings (SSSR count). The quantitative estimate of drug-likeness (QED) is 0.0199. The lowest BCUT2D eigenvalue weighted by molar-refractivity contribution is -0.167. The maximum Gasteiger partial charge on any atom is 0.306 e. The van der Waals surface area contributed by atoms with E-state index in [0.717, 1.165) is 122 Å². The third-order valence-electron chi connectivity index (χ3n) is 10.8. The van der Waals surface area contributed by atoms with E-state index >= 15 is 0 Å². The first-order valence-corrected chi connectivity index (χ1v) is 26.4. The first kappa shape index (κ1) is 61.1. The van der Waals surface area contributed by atoms with Gasteiger partial charge in [0.05, 0.1) is 0 Å². The van der Waals surface area contributed by atoms with Crippen molar-refractivity contribution in [2.45, 2.75) is 232 Å². The summed E-state index contributed by atoms with van der Waals surface area (Å²) in [4.78, 5) is 38.0. The lowest BCUT2D eigenvalue weighted by Gasteiger charge is -2.18. The molecule has 0 fully saturated rings. The van der Waals surface area contributed by atoms with E-state index in [1.54, 1.807) is 0 Å². The Balaban J connectivity index is 4.48. The number of hydrogen-bond acceptors (Lipinski definition) is 6. The van der Waals surface area contributed by atoms with Crippen LogP contribution in [-0.4, -0.2) is 37.2 Å². The van der Waals surface area contributed by atoms with Gasteiger partial charge in [0.15, 0.2) is 6.10 Å². The first-order chi connectivity index (χ1) is 32.0. The van der Waals surface area contributed by atoms with Crippen LogP contribution in [0, 0.1) is 0 Å². The Morgan fingerprint density at radius 3 is 1.14 bits per heavy atom. The summed E-state index contributed by atoms with van der Waals surface area (Å²) < 4.78 is 16.8. The standard InChI is InChI=1S/C59H96O6/c1-4-7-10-13-16-19-22-25-27-28-29-30-32-34-37-40-43-46-49-52-58(61)64-55-56(54-63-57(60)51-48-45-42-39-36-33-24-21-18-15-12-9-6-3)65-59(62)53-50-47-44-41-38-35-31-26-23-20-17-14-11-8-5-2/h7,9-10,12,15-16,18-21,23-25,27,29-30,34,37,56H,4-6,8,11,13-14,17,22,26,28,31-33,35-36,38-55H2,1-3H3/b10-7+,12-9+,18-15+,19-16+,23-20+,24-21+,27-25+,30-29+,37-34+. The molecular formula is C59H96O6. The molecule has 0 aliphatic carbocycles. The van der Waals surface area contributed by atoms with Crippen LogP contribution in [0.15, 0.2) is 109 Å². The van der Waals surface area contributed by atoms with Gasteiger partial charge in [-0.25, -0.2) is 0 Å². The molecule has 0 bridgehead atoms. The fourth-order valence-electron chi connectivity index (χ4n) is 6.87. The van der Waals surface area contributed by atoms with E-state index in [9.17, 15) is 14.4 Å². The Kier molecular flexibility index (Phi) is 49.5. The highest BCUT2D eigenvalue weighted by molar-refractivity contribution is 5.71. The molecule has 6 nitrogen and oxygen atoms in total. The summed E-state index contributed by atoms with van der Waals surface area (Å²) in [6, 6.07) is 0. The summed E-state index contributed by atoms with van der Waals surface area (Å²) >= 11 is 0. The zero-order valence-corrected chi connectivity index (χ0v) is 42.0. The van der Waals surface area contributed by atoms with Crippen LogP contribution < -0.4 is 0 Å².